The average molecular weight is 320 g/mol. The van der Waals surface area contributed by atoms with Crippen LogP contribution in [0.2, 0.25) is 0 Å². The predicted molar refractivity (Wildman–Crippen MR) is 79.6 cm³/mol. The molecule has 1 aromatic rings. The van der Waals surface area contributed by atoms with Crippen LogP contribution in [0.4, 0.5) is 0 Å². The van der Waals surface area contributed by atoms with Crippen LogP contribution < -0.4 is 10.5 Å². The third-order valence-corrected chi connectivity index (χ3v) is 5.32. The standard InChI is InChI=1S/C12H20N2O4S2/c1-19(15,16)7-8-20(17,18)14-12(10-13)9-11-5-3-2-4-6-11/h2-6,12,14H,7-10,13H2,1H3. The summed E-state index contributed by atoms with van der Waals surface area (Å²) in [5, 5.41) is 0. The zero-order valence-corrected chi connectivity index (χ0v) is 13.0. The Morgan fingerprint density at radius 1 is 1.10 bits per heavy atom. The quantitative estimate of drug-likeness (QED) is 0.673. The summed E-state index contributed by atoms with van der Waals surface area (Å²) in [6.07, 6.45) is 1.47. The number of sulfone groups is 1. The molecule has 0 aromatic heterocycles. The molecule has 3 N–H and O–H groups in total. The molecule has 1 unspecified atom stereocenters. The summed E-state index contributed by atoms with van der Waals surface area (Å²) in [5.41, 5.74) is 6.53. The first-order valence-electron chi connectivity index (χ1n) is 6.13. The lowest BCUT2D eigenvalue weighted by Gasteiger charge is -2.17. The summed E-state index contributed by atoms with van der Waals surface area (Å²) in [7, 11) is -6.96. The van der Waals surface area contributed by atoms with E-state index in [-0.39, 0.29) is 6.54 Å². The van der Waals surface area contributed by atoms with Crippen molar-refractivity contribution < 1.29 is 16.8 Å². The Kier molecular flexibility index (Phi) is 6.12. The van der Waals surface area contributed by atoms with Crippen molar-refractivity contribution >= 4 is 19.9 Å². The predicted octanol–water partition coefficient (Wildman–Crippen LogP) is -0.480. The monoisotopic (exact) mass is 320 g/mol. The normalized spacial score (nSPS) is 14.1. The third-order valence-electron chi connectivity index (χ3n) is 2.68. The second-order valence-electron chi connectivity index (χ2n) is 4.69. The van der Waals surface area contributed by atoms with Crippen molar-refractivity contribution in [2.24, 2.45) is 5.73 Å². The average Bonchev–Trinajstić information content (AvgIpc) is 2.36. The van der Waals surface area contributed by atoms with E-state index in [1.165, 1.54) is 0 Å². The number of benzene rings is 1. The summed E-state index contributed by atoms with van der Waals surface area (Å²) < 4.78 is 48.1. The van der Waals surface area contributed by atoms with Gasteiger partial charge in [-0.15, -0.1) is 0 Å². The highest BCUT2D eigenvalue weighted by atomic mass is 32.2. The summed E-state index contributed by atoms with van der Waals surface area (Å²) in [4.78, 5) is 0. The van der Waals surface area contributed by atoms with Crippen molar-refractivity contribution in [3.63, 3.8) is 0 Å². The lowest BCUT2D eigenvalue weighted by molar-refractivity contribution is 0.548. The second-order valence-corrected chi connectivity index (χ2v) is 8.82. The molecule has 0 saturated heterocycles. The number of hydrogen-bond donors (Lipinski definition) is 2. The van der Waals surface area contributed by atoms with E-state index in [0.717, 1.165) is 11.8 Å². The zero-order chi connectivity index (χ0) is 15.2. The largest absolute Gasteiger partial charge is 0.329 e. The lowest BCUT2D eigenvalue weighted by Crippen LogP contribution is -2.43. The van der Waals surface area contributed by atoms with Crippen LogP contribution in [0, 0.1) is 0 Å². The molecular formula is C12H20N2O4S2. The maximum absolute atomic E-state index is 11.8. The number of sulfonamides is 1. The van der Waals surface area contributed by atoms with Crippen molar-refractivity contribution in [3.8, 4) is 0 Å². The Balaban J connectivity index is 2.63. The highest BCUT2D eigenvalue weighted by Crippen LogP contribution is 2.04. The molecule has 114 valence electrons. The van der Waals surface area contributed by atoms with Crippen LogP contribution in [0.1, 0.15) is 5.56 Å². The fourth-order valence-corrected chi connectivity index (χ4v) is 4.54. The van der Waals surface area contributed by atoms with Crippen molar-refractivity contribution in [1.29, 1.82) is 0 Å². The number of nitrogens with two attached hydrogens (primary N) is 1. The fourth-order valence-electron chi connectivity index (χ4n) is 1.65. The molecule has 1 rings (SSSR count). The topological polar surface area (TPSA) is 106 Å². The minimum Gasteiger partial charge on any atom is -0.329 e. The fraction of sp³-hybridized carbons (Fsp3) is 0.500. The van der Waals surface area contributed by atoms with Gasteiger partial charge in [-0.2, -0.15) is 0 Å². The molecule has 1 atom stereocenters. The molecule has 0 spiro atoms. The Bertz CT molecular complexity index is 612. The van der Waals surface area contributed by atoms with Crippen LogP contribution in [-0.4, -0.2) is 47.2 Å². The van der Waals surface area contributed by atoms with Gasteiger partial charge in [0, 0.05) is 18.8 Å². The molecule has 0 aliphatic rings. The van der Waals surface area contributed by atoms with Crippen LogP contribution in [0.15, 0.2) is 30.3 Å². The first-order valence-corrected chi connectivity index (χ1v) is 9.85. The summed E-state index contributed by atoms with van der Waals surface area (Å²) >= 11 is 0. The molecule has 0 heterocycles. The van der Waals surface area contributed by atoms with Crippen molar-refractivity contribution in [2.45, 2.75) is 12.5 Å². The molecule has 0 saturated carbocycles. The van der Waals surface area contributed by atoms with Crippen LogP contribution >= 0.6 is 0 Å². The van der Waals surface area contributed by atoms with E-state index in [9.17, 15) is 16.8 Å². The second kappa shape index (κ2) is 7.16. The Morgan fingerprint density at radius 2 is 1.70 bits per heavy atom. The van der Waals surface area contributed by atoms with Crippen LogP contribution in [0.25, 0.3) is 0 Å². The number of rotatable bonds is 8. The Labute approximate surface area is 120 Å². The number of nitrogens with one attached hydrogen (secondary N) is 1. The van der Waals surface area contributed by atoms with E-state index in [0.29, 0.717) is 6.42 Å². The van der Waals surface area contributed by atoms with Crippen molar-refractivity contribution in [2.75, 3.05) is 24.3 Å². The lowest BCUT2D eigenvalue weighted by atomic mass is 10.1. The van der Waals surface area contributed by atoms with Gasteiger partial charge in [0.2, 0.25) is 10.0 Å². The minimum absolute atomic E-state index is 0.146. The Morgan fingerprint density at radius 3 is 2.20 bits per heavy atom. The molecule has 0 fully saturated rings. The molecule has 0 radical (unpaired) electrons. The third kappa shape index (κ3) is 6.99. The van der Waals surface area contributed by atoms with Gasteiger partial charge in [0.25, 0.3) is 0 Å². The van der Waals surface area contributed by atoms with Gasteiger partial charge >= 0.3 is 0 Å². The highest BCUT2D eigenvalue weighted by Gasteiger charge is 2.19. The van der Waals surface area contributed by atoms with Crippen LogP contribution in [-0.2, 0) is 26.3 Å². The summed E-state index contributed by atoms with van der Waals surface area (Å²) in [5.74, 6) is -0.845. The SMILES string of the molecule is CS(=O)(=O)CCS(=O)(=O)NC(CN)Cc1ccccc1. The molecule has 6 nitrogen and oxygen atoms in total. The highest BCUT2D eigenvalue weighted by molar-refractivity contribution is 7.93. The van der Waals surface area contributed by atoms with Gasteiger partial charge in [-0.3, -0.25) is 0 Å². The molecule has 0 aliphatic heterocycles. The molecule has 20 heavy (non-hydrogen) atoms. The molecule has 1 aromatic carbocycles. The molecular weight excluding hydrogens is 300 g/mol. The molecule has 0 amide bonds. The van der Waals surface area contributed by atoms with E-state index in [4.69, 9.17) is 5.73 Å². The van der Waals surface area contributed by atoms with E-state index in [1.54, 1.807) is 0 Å². The summed E-state index contributed by atoms with van der Waals surface area (Å²) in [6, 6.07) is 8.92. The molecule has 8 heteroatoms. The van der Waals surface area contributed by atoms with Gasteiger partial charge in [0.05, 0.1) is 11.5 Å². The van der Waals surface area contributed by atoms with E-state index < -0.39 is 37.4 Å². The number of hydrogen-bond acceptors (Lipinski definition) is 5. The van der Waals surface area contributed by atoms with Gasteiger partial charge < -0.3 is 5.73 Å². The van der Waals surface area contributed by atoms with Crippen molar-refractivity contribution in [1.82, 2.24) is 4.72 Å². The van der Waals surface area contributed by atoms with Crippen LogP contribution in [0.3, 0.4) is 0 Å². The molecule has 0 aliphatic carbocycles. The zero-order valence-electron chi connectivity index (χ0n) is 11.3. The van der Waals surface area contributed by atoms with Gasteiger partial charge in [-0.25, -0.2) is 21.6 Å². The maximum Gasteiger partial charge on any atom is 0.212 e. The first-order chi connectivity index (χ1) is 9.22. The Hall–Kier alpha value is -0.960. The van der Waals surface area contributed by atoms with E-state index >= 15 is 0 Å². The smallest absolute Gasteiger partial charge is 0.212 e. The maximum atomic E-state index is 11.8. The van der Waals surface area contributed by atoms with Gasteiger partial charge in [0.1, 0.15) is 9.84 Å². The van der Waals surface area contributed by atoms with Crippen molar-refractivity contribution in [3.05, 3.63) is 35.9 Å². The first kappa shape index (κ1) is 17.1. The van der Waals surface area contributed by atoms with Gasteiger partial charge in [0.15, 0.2) is 0 Å². The van der Waals surface area contributed by atoms with E-state index in [2.05, 4.69) is 4.72 Å². The van der Waals surface area contributed by atoms with Gasteiger partial charge in [-0.1, -0.05) is 30.3 Å². The summed E-state index contributed by atoms with van der Waals surface area (Å²) in [6.45, 7) is 0.146. The van der Waals surface area contributed by atoms with Crippen LogP contribution in [0.5, 0.6) is 0 Å². The van der Waals surface area contributed by atoms with E-state index in [1.807, 2.05) is 30.3 Å². The minimum atomic E-state index is -3.66. The van der Waals surface area contributed by atoms with Gasteiger partial charge in [-0.05, 0) is 12.0 Å². The molecule has 0 bridgehead atoms.